The van der Waals surface area contributed by atoms with Crippen LogP contribution in [-0.2, 0) is 11.8 Å². The van der Waals surface area contributed by atoms with Crippen LogP contribution in [0.4, 0.5) is 0 Å². The third kappa shape index (κ3) is 4.05. The first-order valence-electron chi connectivity index (χ1n) is 21.1. The molecule has 0 saturated carbocycles. The third-order valence-corrected chi connectivity index (χ3v) is 14.2. The highest BCUT2D eigenvalue weighted by atomic mass is 15.0. The summed E-state index contributed by atoms with van der Waals surface area (Å²) >= 11 is 0. The molecule has 2 heteroatoms. The largest absolute Gasteiger partial charge is 0.309 e. The summed E-state index contributed by atoms with van der Waals surface area (Å²) in [6.07, 6.45) is 12.4. The van der Waals surface area contributed by atoms with E-state index in [1.807, 2.05) is 6.20 Å². The van der Waals surface area contributed by atoms with Gasteiger partial charge in [-0.05, 0) is 138 Å². The first-order chi connectivity index (χ1) is 29.8. The average molecular weight is 761 g/mol. The summed E-state index contributed by atoms with van der Waals surface area (Å²) in [6, 6.07) is 63.5. The van der Waals surface area contributed by atoms with E-state index in [0.29, 0.717) is 0 Å². The molecule has 0 aliphatic heterocycles. The van der Waals surface area contributed by atoms with Crippen LogP contribution in [0.2, 0.25) is 0 Å². The lowest BCUT2D eigenvalue weighted by molar-refractivity contribution is 0.791. The van der Waals surface area contributed by atoms with Crippen molar-refractivity contribution in [3.05, 3.63) is 262 Å². The van der Waals surface area contributed by atoms with Gasteiger partial charge in [-0.2, -0.15) is 0 Å². The number of nitrogens with zero attached hydrogens (tertiary/aromatic N) is 2. The van der Waals surface area contributed by atoms with Gasteiger partial charge in [0.05, 0.1) is 22.1 Å². The Bertz CT molecular complexity index is 3500. The molecular weight excluding hydrogens is 725 g/mol. The van der Waals surface area contributed by atoms with Crippen molar-refractivity contribution >= 4 is 33.0 Å². The SMILES string of the molecule is C1=CC2=C(c3ccccc3)Cc3cccc4c3C2C(=C1)C=C4c1ccc2c(c1)C1(c3ccccc3-c3cc4c5ccccc5n(-c5ccccc5)c4cc31)c1cccnc1-2. The lowest BCUT2D eigenvalue weighted by Gasteiger charge is -2.38. The van der Waals surface area contributed by atoms with Crippen LogP contribution in [0.5, 0.6) is 0 Å². The molecule has 2 unspecified atom stereocenters. The maximum Gasteiger partial charge on any atom is 0.0753 e. The van der Waals surface area contributed by atoms with E-state index in [-0.39, 0.29) is 5.92 Å². The number of benzene rings is 7. The van der Waals surface area contributed by atoms with Crippen LogP contribution in [0, 0.1) is 0 Å². The molecule has 5 aliphatic carbocycles. The Hall–Kier alpha value is -7.55. The van der Waals surface area contributed by atoms with Crippen LogP contribution in [0.25, 0.3) is 61.0 Å². The Morgan fingerprint density at radius 3 is 2.25 bits per heavy atom. The molecule has 1 spiro atoms. The molecule has 2 atom stereocenters. The van der Waals surface area contributed by atoms with Gasteiger partial charge in [0, 0.05) is 34.1 Å². The zero-order valence-electron chi connectivity index (χ0n) is 32.7. The minimum atomic E-state index is -0.547. The van der Waals surface area contributed by atoms with Crippen molar-refractivity contribution in [3.8, 4) is 28.1 Å². The number of rotatable bonds is 3. The Labute approximate surface area is 348 Å². The van der Waals surface area contributed by atoms with Crippen molar-refractivity contribution < 1.29 is 0 Å². The third-order valence-electron chi connectivity index (χ3n) is 14.2. The minimum absolute atomic E-state index is 0.232. The van der Waals surface area contributed by atoms with Crippen LogP contribution in [-0.4, -0.2) is 9.55 Å². The van der Waals surface area contributed by atoms with E-state index >= 15 is 0 Å². The Kier molecular flexibility index (Phi) is 6.36. The van der Waals surface area contributed by atoms with Crippen molar-refractivity contribution in [2.24, 2.45) is 0 Å². The van der Waals surface area contributed by atoms with E-state index in [4.69, 9.17) is 4.98 Å². The zero-order valence-corrected chi connectivity index (χ0v) is 32.7. The van der Waals surface area contributed by atoms with E-state index < -0.39 is 5.41 Å². The average Bonchev–Trinajstić information content (AvgIpc) is 3.91. The molecule has 2 aromatic heterocycles. The summed E-state index contributed by atoms with van der Waals surface area (Å²) in [6.45, 7) is 0. The number of aromatic nitrogens is 2. The molecule has 2 nitrogen and oxygen atoms in total. The smallest absolute Gasteiger partial charge is 0.0753 e. The molecular formula is C58H36N2. The molecule has 14 rings (SSSR count). The first kappa shape index (κ1) is 32.4. The molecule has 0 saturated heterocycles. The summed E-state index contributed by atoms with van der Waals surface area (Å²) in [5.74, 6) is 0.232. The molecule has 0 radical (unpaired) electrons. The summed E-state index contributed by atoms with van der Waals surface area (Å²) in [7, 11) is 0. The van der Waals surface area contributed by atoms with Crippen molar-refractivity contribution in [1.82, 2.24) is 9.55 Å². The fourth-order valence-electron chi connectivity index (χ4n) is 11.9. The van der Waals surface area contributed by atoms with Crippen molar-refractivity contribution in [2.45, 2.75) is 17.8 Å². The van der Waals surface area contributed by atoms with Gasteiger partial charge in [-0.1, -0.05) is 146 Å². The number of pyridine rings is 1. The van der Waals surface area contributed by atoms with Gasteiger partial charge in [0.15, 0.2) is 0 Å². The van der Waals surface area contributed by atoms with E-state index in [2.05, 4.69) is 199 Å². The summed E-state index contributed by atoms with van der Waals surface area (Å²) < 4.78 is 2.46. The molecule has 0 fully saturated rings. The molecule has 0 N–H and O–H groups in total. The van der Waals surface area contributed by atoms with E-state index in [1.165, 1.54) is 117 Å². The monoisotopic (exact) mass is 760 g/mol. The molecule has 7 aromatic carbocycles. The standard InChI is InChI=1S/C58H36N2/c1-3-14-35(15-4-1)45-30-37-16-12-23-43-46(31-38-17-11-22-42(45)55(38)56(37)43)36-27-28-44-51(32-36)58(50-25-13-29-59-57(44)50)49-24-9-7-20-40(49)47-33-48-41-21-8-10-26-53(41)60(54(48)34-52(47)58)39-18-5-2-6-19-39/h1-29,31-34,55H,30H2. The molecule has 5 aliphatic rings. The highest BCUT2D eigenvalue weighted by Crippen LogP contribution is 2.64. The van der Waals surface area contributed by atoms with Crippen molar-refractivity contribution in [3.63, 3.8) is 0 Å². The summed E-state index contributed by atoms with van der Waals surface area (Å²) in [5.41, 5.74) is 25.5. The second-order valence-electron chi connectivity index (χ2n) is 16.9. The van der Waals surface area contributed by atoms with Crippen molar-refractivity contribution in [2.75, 3.05) is 0 Å². The van der Waals surface area contributed by atoms with Crippen LogP contribution in [0.3, 0.4) is 0 Å². The number of fused-ring (bicyclic) bond motifs is 13. The molecule has 278 valence electrons. The number of hydrogen-bond donors (Lipinski definition) is 0. The maximum atomic E-state index is 5.18. The second kappa shape index (κ2) is 11.8. The predicted octanol–water partition coefficient (Wildman–Crippen LogP) is 13.6. The Balaban J connectivity index is 1.03. The van der Waals surface area contributed by atoms with Gasteiger partial charge in [-0.3, -0.25) is 4.98 Å². The highest BCUT2D eigenvalue weighted by Gasteiger charge is 2.53. The maximum absolute atomic E-state index is 5.18. The normalized spacial score (nSPS) is 18.6. The van der Waals surface area contributed by atoms with Gasteiger partial charge in [0.2, 0.25) is 0 Å². The number of hydrogen-bond acceptors (Lipinski definition) is 1. The molecule has 60 heavy (non-hydrogen) atoms. The molecule has 9 aromatic rings. The van der Waals surface area contributed by atoms with Crippen molar-refractivity contribution in [1.29, 1.82) is 0 Å². The fourth-order valence-corrected chi connectivity index (χ4v) is 11.9. The first-order valence-corrected chi connectivity index (χ1v) is 21.1. The number of allylic oxidation sites excluding steroid dienone is 7. The lowest BCUT2D eigenvalue weighted by Crippen LogP contribution is -2.26. The topological polar surface area (TPSA) is 17.8 Å². The lowest BCUT2D eigenvalue weighted by atomic mass is 9.65. The quantitative estimate of drug-likeness (QED) is 0.175. The Morgan fingerprint density at radius 2 is 1.33 bits per heavy atom. The van der Waals surface area contributed by atoms with Gasteiger partial charge in [-0.25, -0.2) is 0 Å². The van der Waals surface area contributed by atoms with Gasteiger partial charge in [0.25, 0.3) is 0 Å². The van der Waals surface area contributed by atoms with E-state index in [0.717, 1.165) is 12.1 Å². The van der Waals surface area contributed by atoms with E-state index in [9.17, 15) is 0 Å². The second-order valence-corrected chi connectivity index (χ2v) is 16.9. The van der Waals surface area contributed by atoms with Gasteiger partial charge >= 0.3 is 0 Å². The van der Waals surface area contributed by atoms with Gasteiger partial charge < -0.3 is 4.57 Å². The Morgan fingerprint density at radius 1 is 0.550 bits per heavy atom. The van der Waals surface area contributed by atoms with E-state index in [1.54, 1.807) is 0 Å². The van der Waals surface area contributed by atoms with Crippen LogP contribution < -0.4 is 0 Å². The summed E-state index contributed by atoms with van der Waals surface area (Å²) in [5, 5.41) is 2.54. The van der Waals surface area contributed by atoms with Gasteiger partial charge in [-0.15, -0.1) is 0 Å². The van der Waals surface area contributed by atoms with Crippen LogP contribution >= 0.6 is 0 Å². The molecule has 0 bridgehead atoms. The van der Waals surface area contributed by atoms with Crippen LogP contribution in [0.15, 0.2) is 212 Å². The highest BCUT2D eigenvalue weighted by molar-refractivity contribution is 6.12. The molecule has 2 heterocycles. The van der Waals surface area contributed by atoms with Crippen LogP contribution in [0.1, 0.15) is 56.0 Å². The predicted molar refractivity (Wildman–Crippen MR) is 245 cm³/mol. The fraction of sp³-hybridized carbons (Fsp3) is 0.0517. The molecule has 0 amide bonds. The van der Waals surface area contributed by atoms with Gasteiger partial charge in [0.1, 0.15) is 0 Å². The zero-order chi connectivity index (χ0) is 39.1. The summed E-state index contributed by atoms with van der Waals surface area (Å²) in [4.78, 5) is 5.18. The number of para-hydroxylation sites is 2. The minimum Gasteiger partial charge on any atom is -0.309 e.